The lowest BCUT2D eigenvalue weighted by atomic mass is 9.70. The van der Waals surface area contributed by atoms with E-state index in [0.717, 1.165) is 34.1 Å². The summed E-state index contributed by atoms with van der Waals surface area (Å²) in [5.41, 5.74) is 32.3. The minimum Gasteiger partial charge on any atom is -0.310 e. The van der Waals surface area contributed by atoms with E-state index in [-0.39, 0.29) is 0 Å². The van der Waals surface area contributed by atoms with Crippen LogP contribution < -0.4 is 9.80 Å². The van der Waals surface area contributed by atoms with Gasteiger partial charge in [-0.15, -0.1) is 0 Å². The molecule has 19 rings (SSSR count). The van der Waals surface area contributed by atoms with Crippen molar-refractivity contribution >= 4 is 55.7 Å². The minimum absolute atomic E-state index is 0.431. The number of hydrogen-bond acceptors (Lipinski definition) is 2. The van der Waals surface area contributed by atoms with Crippen molar-refractivity contribution in [3.8, 4) is 66.8 Å². The van der Waals surface area contributed by atoms with E-state index in [1.807, 2.05) is 0 Å². The number of anilines is 6. The second-order valence-corrected chi connectivity index (χ2v) is 23.4. The zero-order chi connectivity index (χ0) is 54.8. The Balaban J connectivity index is 0.711. The lowest BCUT2D eigenvalue weighted by Crippen LogP contribution is -2.26. The molecular formula is C82H50N2. The van der Waals surface area contributed by atoms with Crippen molar-refractivity contribution in [1.82, 2.24) is 0 Å². The van der Waals surface area contributed by atoms with Gasteiger partial charge in [-0.3, -0.25) is 0 Å². The van der Waals surface area contributed by atoms with Gasteiger partial charge in [0.25, 0.3) is 0 Å². The average molecular weight is 1060 g/mol. The molecule has 2 nitrogen and oxygen atoms in total. The van der Waals surface area contributed by atoms with E-state index in [0.29, 0.717) is 0 Å². The molecule has 0 bridgehead atoms. The van der Waals surface area contributed by atoms with Crippen LogP contribution in [0.4, 0.5) is 34.1 Å². The highest BCUT2D eigenvalue weighted by Crippen LogP contribution is 2.65. The summed E-state index contributed by atoms with van der Waals surface area (Å²) >= 11 is 0. The molecule has 0 saturated heterocycles. The fraction of sp³-hybridized carbons (Fsp3) is 0.0244. The van der Waals surface area contributed by atoms with Gasteiger partial charge in [-0.1, -0.05) is 206 Å². The van der Waals surface area contributed by atoms with Gasteiger partial charge in [0.2, 0.25) is 0 Å². The van der Waals surface area contributed by atoms with Gasteiger partial charge in [-0.2, -0.15) is 0 Å². The molecule has 0 heterocycles. The molecular weight excluding hydrogens is 1010 g/mol. The topological polar surface area (TPSA) is 6.48 Å². The van der Waals surface area contributed by atoms with Gasteiger partial charge in [-0.05, 0) is 230 Å². The summed E-state index contributed by atoms with van der Waals surface area (Å²) in [5, 5.41) is 4.90. The molecule has 2 spiro atoms. The summed E-state index contributed by atoms with van der Waals surface area (Å²) < 4.78 is 0. The normalized spacial score (nSPS) is 13.9. The van der Waals surface area contributed by atoms with Crippen molar-refractivity contribution in [2.45, 2.75) is 10.8 Å². The molecule has 388 valence electrons. The van der Waals surface area contributed by atoms with Gasteiger partial charge >= 0.3 is 0 Å². The molecule has 0 atom stereocenters. The number of nitrogens with zero attached hydrogens (tertiary/aromatic N) is 2. The Labute approximate surface area is 488 Å². The third kappa shape index (κ3) is 5.93. The summed E-state index contributed by atoms with van der Waals surface area (Å²) in [6.07, 6.45) is 0. The molecule has 14 aromatic rings. The largest absolute Gasteiger partial charge is 0.310 e. The van der Waals surface area contributed by atoms with Crippen molar-refractivity contribution in [1.29, 1.82) is 0 Å². The number of benzene rings is 14. The van der Waals surface area contributed by atoms with Crippen molar-refractivity contribution in [3.05, 3.63) is 348 Å². The summed E-state index contributed by atoms with van der Waals surface area (Å²) in [5.74, 6) is 0. The summed E-state index contributed by atoms with van der Waals surface area (Å²) in [6, 6.07) is 114. The number of fused-ring (bicyclic) bond motifs is 26. The third-order valence-electron chi connectivity index (χ3n) is 19.5. The van der Waals surface area contributed by atoms with Crippen molar-refractivity contribution in [2.75, 3.05) is 9.80 Å². The Kier molecular flexibility index (Phi) is 9.23. The van der Waals surface area contributed by atoms with Gasteiger partial charge < -0.3 is 9.80 Å². The van der Waals surface area contributed by atoms with Crippen LogP contribution in [0.25, 0.3) is 88.3 Å². The molecule has 84 heavy (non-hydrogen) atoms. The van der Waals surface area contributed by atoms with E-state index in [4.69, 9.17) is 0 Å². The SMILES string of the molecule is c1ccc(N(c2ccc3c(c2)C2(c4ccccc4-c4ccccc42)c2ccccc2-3)c2ccc3cc4c(cc3c2)-c2cc3ccc(N(c5ccccc5)c5ccc6c(c5)C5(c7ccccc7-c7ccccc75)c5ccccc5-6)cc3cc2-4)cc1. The van der Waals surface area contributed by atoms with Gasteiger partial charge in [0.1, 0.15) is 0 Å². The van der Waals surface area contributed by atoms with Gasteiger partial charge in [-0.25, -0.2) is 0 Å². The van der Waals surface area contributed by atoms with Crippen LogP contribution in [0.2, 0.25) is 0 Å². The lowest BCUT2D eigenvalue weighted by Gasteiger charge is -2.32. The molecule has 0 saturated carbocycles. The zero-order valence-electron chi connectivity index (χ0n) is 45.8. The van der Waals surface area contributed by atoms with Gasteiger partial charge in [0.05, 0.1) is 10.8 Å². The van der Waals surface area contributed by atoms with Crippen molar-refractivity contribution in [3.63, 3.8) is 0 Å². The maximum absolute atomic E-state index is 2.49. The lowest BCUT2D eigenvalue weighted by molar-refractivity contribution is 0.793. The van der Waals surface area contributed by atoms with Crippen LogP contribution in [0.15, 0.2) is 303 Å². The van der Waals surface area contributed by atoms with Crippen LogP contribution in [0.5, 0.6) is 0 Å². The van der Waals surface area contributed by atoms with Gasteiger partial charge in [0.15, 0.2) is 0 Å². The Bertz CT molecular complexity index is 4700. The van der Waals surface area contributed by atoms with E-state index >= 15 is 0 Å². The monoisotopic (exact) mass is 1060 g/mol. The molecule has 0 aromatic heterocycles. The smallest absolute Gasteiger partial charge is 0.0726 e. The molecule has 5 aliphatic carbocycles. The Morgan fingerprint density at radius 3 is 0.726 bits per heavy atom. The van der Waals surface area contributed by atoms with Crippen molar-refractivity contribution < 1.29 is 0 Å². The maximum atomic E-state index is 2.49. The predicted octanol–water partition coefficient (Wildman–Crippen LogP) is 21.3. The Hall–Kier alpha value is -10.8. The van der Waals surface area contributed by atoms with Crippen LogP contribution >= 0.6 is 0 Å². The number of para-hydroxylation sites is 2. The third-order valence-corrected chi connectivity index (χ3v) is 19.5. The Morgan fingerprint density at radius 2 is 0.405 bits per heavy atom. The molecule has 0 unspecified atom stereocenters. The number of rotatable bonds is 6. The highest BCUT2D eigenvalue weighted by Gasteiger charge is 2.53. The standard InChI is InChI=1S/C82H50N2/c1-3-19-55(20-4-1)83(59-39-41-67-65-27-11-17-33-77(65)81(79(67)49-59)73-29-13-7-23-61(73)62-24-8-14-30-74(62)81)57-37-35-51-45-69-71(47-53(51)43-57)70-46-52-36-38-58(44-54(52)48-72(69)70)84(56-21-5-2-6-22-56)60-40-42-68-66-28-12-18-34-78(66)82(80(68)50-60)75-31-15-9-25-63(75)64-26-10-16-32-76(64)82/h1-50H. The first kappa shape index (κ1) is 45.9. The van der Waals surface area contributed by atoms with E-state index in [1.54, 1.807) is 0 Å². The van der Waals surface area contributed by atoms with E-state index < -0.39 is 10.8 Å². The fourth-order valence-electron chi connectivity index (χ4n) is 16.2. The summed E-state index contributed by atoms with van der Waals surface area (Å²) in [4.78, 5) is 4.90. The summed E-state index contributed by atoms with van der Waals surface area (Å²) in [6.45, 7) is 0. The molecule has 0 fully saturated rings. The zero-order valence-corrected chi connectivity index (χ0v) is 45.8. The first-order valence-electron chi connectivity index (χ1n) is 29.4. The average Bonchev–Trinajstić information content (AvgIpc) is 1.72. The van der Waals surface area contributed by atoms with Crippen molar-refractivity contribution in [2.24, 2.45) is 0 Å². The molecule has 0 N–H and O–H groups in total. The highest BCUT2D eigenvalue weighted by molar-refractivity contribution is 6.13. The molecule has 0 aliphatic heterocycles. The number of hydrogen-bond donors (Lipinski definition) is 0. The van der Waals surface area contributed by atoms with Crippen LogP contribution in [0, 0.1) is 0 Å². The van der Waals surface area contributed by atoms with Gasteiger partial charge in [0, 0.05) is 34.1 Å². The molecule has 14 aromatic carbocycles. The van der Waals surface area contributed by atoms with E-state index in [1.165, 1.54) is 133 Å². The second-order valence-electron chi connectivity index (χ2n) is 23.4. The van der Waals surface area contributed by atoms with Crippen LogP contribution in [-0.2, 0) is 10.8 Å². The fourth-order valence-corrected chi connectivity index (χ4v) is 16.2. The Morgan fingerprint density at radius 1 is 0.155 bits per heavy atom. The van der Waals surface area contributed by atoms with Crippen LogP contribution in [0.3, 0.4) is 0 Å². The quantitative estimate of drug-likeness (QED) is 0.164. The predicted molar refractivity (Wildman–Crippen MR) is 348 cm³/mol. The maximum Gasteiger partial charge on any atom is 0.0726 e. The second kappa shape index (κ2) is 16.9. The minimum atomic E-state index is -0.431. The molecule has 0 amide bonds. The van der Waals surface area contributed by atoms with E-state index in [2.05, 4.69) is 313 Å². The van der Waals surface area contributed by atoms with E-state index in [9.17, 15) is 0 Å². The molecule has 0 radical (unpaired) electrons. The highest BCUT2D eigenvalue weighted by atomic mass is 15.1. The molecule has 2 heteroatoms. The first-order valence-corrected chi connectivity index (χ1v) is 29.4. The first-order chi connectivity index (χ1) is 41.6. The summed E-state index contributed by atoms with van der Waals surface area (Å²) in [7, 11) is 0. The molecule has 5 aliphatic rings. The van der Waals surface area contributed by atoms with Crippen LogP contribution in [-0.4, -0.2) is 0 Å². The van der Waals surface area contributed by atoms with Crippen LogP contribution in [0.1, 0.15) is 44.5 Å².